The highest BCUT2D eigenvalue weighted by Gasteiger charge is 2.09. The summed E-state index contributed by atoms with van der Waals surface area (Å²) in [5, 5.41) is 0. The number of carbonyl (C=O) groups is 1. The summed E-state index contributed by atoms with van der Waals surface area (Å²) in [7, 11) is 0. The van der Waals surface area contributed by atoms with Gasteiger partial charge in [-0.15, -0.1) is 0 Å². The number of halogens is 1. The molecule has 0 fully saturated rings. The van der Waals surface area contributed by atoms with Crippen LogP contribution < -0.4 is 0 Å². The number of benzene rings is 3. The van der Waals surface area contributed by atoms with Gasteiger partial charge in [0, 0.05) is 22.3 Å². The summed E-state index contributed by atoms with van der Waals surface area (Å²) in [5.41, 5.74) is 2.68. The Bertz CT molecular complexity index is 884. The molecular formula is C21H13FO. The van der Waals surface area contributed by atoms with Crippen molar-refractivity contribution in [3.63, 3.8) is 0 Å². The first-order chi connectivity index (χ1) is 11.2. The molecule has 0 amide bonds. The third kappa shape index (κ3) is 3.72. The van der Waals surface area contributed by atoms with Crippen LogP contribution >= 0.6 is 0 Å². The van der Waals surface area contributed by atoms with Gasteiger partial charge in [0.2, 0.25) is 0 Å². The maximum atomic E-state index is 12.9. The first kappa shape index (κ1) is 14.7. The van der Waals surface area contributed by atoms with Crippen LogP contribution in [0.1, 0.15) is 27.0 Å². The van der Waals surface area contributed by atoms with Gasteiger partial charge in [-0.05, 0) is 48.5 Å². The van der Waals surface area contributed by atoms with Crippen molar-refractivity contribution in [2.24, 2.45) is 0 Å². The number of hydrogen-bond donors (Lipinski definition) is 0. The fourth-order valence-electron chi connectivity index (χ4n) is 2.17. The average Bonchev–Trinajstić information content (AvgIpc) is 2.61. The fourth-order valence-corrected chi connectivity index (χ4v) is 2.17. The van der Waals surface area contributed by atoms with E-state index in [1.165, 1.54) is 24.3 Å². The minimum Gasteiger partial charge on any atom is -0.289 e. The zero-order chi connectivity index (χ0) is 16.1. The van der Waals surface area contributed by atoms with Gasteiger partial charge >= 0.3 is 0 Å². The molecule has 23 heavy (non-hydrogen) atoms. The molecule has 0 aromatic heterocycles. The van der Waals surface area contributed by atoms with Crippen molar-refractivity contribution in [2.75, 3.05) is 0 Å². The zero-order valence-electron chi connectivity index (χ0n) is 12.3. The lowest BCUT2D eigenvalue weighted by atomic mass is 10.0. The van der Waals surface area contributed by atoms with Crippen molar-refractivity contribution in [1.29, 1.82) is 0 Å². The normalized spacial score (nSPS) is 9.78. The second kappa shape index (κ2) is 6.72. The molecule has 2 heteroatoms. The van der Waals surface area contributed by atoms with E-state index in [-0.39, 0.29) is 11.6 Å². The van der Waals surface area contributed by atoms with Crippen molar-refractivity contribution >= 4 is 5.78 Å². The third-order valence-corrected chi connectivity index (χ3v) is 3.36. The lowest BCUT2D eigenvalue weighted by Crippen LogP contribution is -2.01. The molecule has 3 aromatic rings. The maximum Gasteiger partial charge on any atom is 0.193 e. The third-order valence-electron chi connectivity index (χ3n) is 3.36. The maximum absolute atomic E-state index is 12.9. The number of carbonyl (C=O) groups excluding carboxylic acids is 1. The van der Waals surface area contributed by atoms with Gasteiger partial charge in [0.1, 0.15) is 5.82 Å². The Labute approximate surface area is 134 Å². The van der Waals surface area contributed by atoms with Crippen molar-refractivity contribution in [1.82, 2.24) is 0 Å². The zero-order valence-corrected chi connectivity index (χ0v) is 12.3. The van der Waals surface area contributed by atoms with Gasteiger partial charge in [-0.3, -0.25) is 4.79 Å². The van der Waals surface area contributed by atoms with E-state index in [4.69, 9.17) is 0 Å². The van der Waals surface area contributed by atoms with Gasteiger partial charge in [0.05, 0.1) is 0 Å². The Balaban J connectivity index is 1.87. The van der Waals surface area contributed by atoms with Crippen LogP contribution in [-0.2, 0) is 0 Å². The summed E-state index contributed by atoms with van der Waals surface area (Å²) in [6.45, 7) is 0. The van der Waals surface area contributed by atoms with Crippen LogP contribution in [0.4, 0.5) is 4.39 Å². The number of hydrogen-bond acceptors (Lipinski definition) is 1. The van der Waals surface area contributed by atoms with Gasteiger partial charge in [0.15, 0.2) is 5.78 Å². The first-order valence-electron chi connectivity index (χ1n) is 7.20. The van der Waals surface area contributed by atoms with Gasteiger partial charge < -0.3 is 0 Å². The van der Waals surface area contributed by atoms with Crippen LogP contribution in [0.5, 0.6) is 0 Å². The molecule has 0 heterocycles. The van der Waals surface area contributed by atoms with Crippen LogP contribution in [-0.4, -0.2) is 5.78 Å². The number of rotatable bonds is 2. The number of ketones is 1. The average molecular weight is 300 g/mol. The molecule has 3 aromatic carbocycles. The first-order valence-corrected chi connectivity index (χ1v) is 7.20. The largest absolute Gasteiger partial charge is 0.289 e. The quantitative estimate of drug-likeness (QED) is 0.504. The summed E-state index contributed by atoms with van der Waals surface area (Å²) in [6, 6.07) is 22.3. The van der Waals surface area contributed by atoms with Gasteiger partial charge in [0.25, 0.3) is 0 Å². The minimum atomic E-state index is -0.357. The van der Waals surface area contributed by atoms with E-state index in [1.54, 1.807) is 18.2 Å². The van der Waals surface area contributed by atoms with E-state index in [0.29, 0.717) is 11.1 Å². The van der Waals surface area contributed by atoms with Gasteiger partial charge in [-0.1, -0.05) is 42.2 Å². The Kier molecular flexibility index (Phi) is 4.31. The van der Waals surface area contributed by atoms with Crippen LogP contribution in [0.3, 0.4) is 0 Å². The van der Waals surface area contributed by atoms with E-state index in [1.807, 2.05) is 36.4 Å². The Hall–Kier alpha value is -3.18. The van der Waals surface area contributed by atoms with Crippen LogP contribution in [0.15, 0.2) is 78.9 Å². The van der Waals surface area contributed by atoms with Crippen molar-refractivity contribution in [3.05, 3.63) is 107 Å². The molecule has 3 rings (SSSR count). The molecule has 1 nitrogen and oxygen atoms in total. The molecule has 0 aliphatic rings. The van der Waals surface area contributed by atoms with Gasteiger partial charge in [-0.2, -0.15) is 0 Å². The summed E-state index contributed by atoms with van der Waals surface area (Å²) in [5.74, 6) is 5.62. The SMILES string of the molecule is O=C(c1ccc(F)cc1)c1cccc(C#Cc2ccccc2)c1. The molecule has 0 radical (unpaired) electrons. The van der Waals surface area contributed by atoms with Crippen molar-refractivity contribution in [3.8, 4) is 11.8 Å². The Morgan fingerprint density at radius 1 is 0.696 bits per heavy atom. The Morgan fingerprint density at radius 3 is 2.09 bits per heavy atom. The minimum absolute atomic E-state index is 0.145. The second-order valence-electron chi connectivity index (χ2n) is 5.03. The standard InChI is InChI=1S/C21H13FO/c22-20-13-11-18(12-14-20)21(23)19-8-4-7-17(15-19)10-9-16-5-2-1-3-6-16/h1-8,11-15H. The lowest BCUT2D eigenvalue weighted by molar-refractivity contribution is 0.103. The summed E-state index contributed by atoms with van der Waals surface area (Å²) in [4.78, 5) is 12.4. The smallest absolute Gasteiger partial charge is 0.193 e. The fraction of sp³-hybridized carbons (Fsp3) is 0. The topological polar surface area (TPSA) is 17.1 Å². The van der Waals surface area contributed by atoms with Crippen LogP contribution in [0.2, 0.25) is 0 Å². The highest BCUT2D eigenvalue weighted by molar-refractivity contribution is 6.09. The van der Waals surface area contributed by atoms with E-state index in [0.717, 1.165) is 11.1 Å². The molecule has 0 aliphatic heterocycles. The van der Waals surface area contributed by atoms with E-state index < -0.39 is 0 Å². The van der Waals surface area contributed by atoms with Crippen LogP contribution in [0, 0.1) is 17.7 Å². The highest BCUT2D eigenvalue weighted by Crippen LogP contribution is 2.12. The predicted octanol–water partition coefficient (Wildman–Crippen LogP) is 4.46. The molecule has 0 N–H and O–H groups in total. The molecular weight excluding hydrogens is 287 g/mol. The molecule has 110 valence electrons. The Morgan fingerprint density at radius 2 is 1.35 bits per heavy atom. The monoisotopic (exact) mass is 300 g/mol. The molecule has 0 unspecified atom stereocenters. The van der Waals surface area contributed by atoms with E-state index in [2.05, 4.69) is 11.8 Å². The summed E-state index contributed by atoms with van der Waals surface area (Å²) >= 11 is 0. The molecule has 0 atom stereocenters. The van der Waals surface area contributed by atoms with Crippen LogP contribution in [0.25, 0.3) is 0 Å². The molecule has 0 spiro atoms. The van der Waals surface area contributed by atoms with Crippen molar-refractivity contribution in [2.45, 2.75) is 0 Å². The van der Waals surface area contributed by atoms with Gasteiger partial charge in [-0.25, -0.2) is 4.39 Å². The molecule has 0 bridgehead atoms. The molecule has 0 saturated heterocycles. The molecule has 0 aliphatic carbocycles. The van der Waals surface area contributed by atoms with Crippen molar-refractivity contribution < 1.29 is 9.18 Å². The highest BCUT2D eigenvalue weighted by atomic mass is 19.1. The second-order valence-corrected chi connectivity index (χ2v) is 5.03. The molecule has 0 saturated carbocycles. The van der Waals surface area contributed by atoms with E-state index >= 15 is 0 Å². The van der Waals surface area contributed by atoms with E-state index in [9.17, 15) is 9.18 Å². The summed E-state index contributed by atoms with van der Waals surface area (Å²) < 4.78 is 12.9. The lowest BCUT2D eigenvalue weighted by Gasteiger charge is -2.02. The predicted molar refractivity (Wildman–Crippen MR) is 88.7 cm³/mol. The summed E-state index contributed by atoms with van der Waals surface area (Å²) in [6.07, 6.45) is 0.